The second-order valence-corrected chi connectivity index (χ2v) is 7.56. The monoisotopic (exact) mass is 341 g/mol. The summed E-state index contributed by atoms with van der Waals surface area (Å²) in [5.41, 5.74) is 0.849. The number of hydrogen-bond acceptors (Lipinski definition) is 6. The Hall–Kier alpha value is -2.20. The molecule has 2 fully saturated rings. The highest BCUT2D eigenvalue weighted by atomic mass is 32.1. The molecule has 0 aromatic carbocycles. The third-order valence-electron chi connectivity index (χ3n) is 4.88. The molecule has 0 spiro atoms. The predicted octanol–water partition coefficient (Wildman–Crippen LogP) is 3.17. The number of hydrogen-bond donors (Lipinski definition) is 1. The van der Waals surface area contributed by atoms with E-state index in [1.54, 1.807) is 17.5 Å². The van der Waals surface area contributed by atoms with Crippen LogP contribution in [-0.2, 0) is 4.79 Å². The molecule has 124 valence electrons. The molecule has 4 rings (SSSR count). The smallest absolute Gasteiger partial charge is 0.228 e. The molecule has 1 aliphatic carbocycles. The summed E-state index contributed by atoms with van der Waals surface area (Å²) in [6.45, 7) is 3.00. The fourth-order valence-corrected chi connectivity index (χ4v) is 4.33. The summed E-state index contributed by atoms with van der Waals surface area (Å²) < 4.78 is 0.910. The number of thiazole rings is 1. The number of amides is 1. The zero-order valence-electron chi connectivity index (χ0n) is 13.5. The summed E-state index contributed by atoms with van der Waals surface area (Å²) in [7, 11) is 0. The SMILES string of the molecule is C[C@H]1[C@@H](C#N)CCCN1c1nc2ccnc(NC(=O)C3CC3)c2s1. The Bertz CT molecular complexity index is 822. The van der Waals surface area contributed by atoms with E-state index in [0.717, 1.165) is 47.6 Å². The maximum absolute atomic E-state index is 12.0. The van der Waals surface area contributed by atoms with E-state index in [4.69, 9.17) is 4.98 Å². The van der Waals surface area contributed by atoms with Crippen molar-refractivity contribution in [2.75, 3.05) is 16.8 Å². The number of pyridine rings is 1. The first-order chi connectivity index (χ1) is 11.7. The number of aromatic nitrogens is 2. The van der Waals surface area contributed by atoms with Crippen molar-refractivity contribution in [3.05, 3.63) is 12.3 Å². The molecule has 1 aliphatic heterocycles. The average molecular weight is 341 g/mol. The first-order valence-corrected chi connectivity index (χ1v) is 9.21. The molecule has 1 N–H and O–H groups in total. The Balaban J connectivity index is 1.65. The maximum atomic E-state index is 12.0. The van der Waals surface area contributed by atoms with Gasteiger partial charge >= 0.3 is 0 Å². The molecule has 2 aliphatic rings. The molecule has 1 saturated carbocycles. The number of carbonyl (C=O) groups excluding carboxylic acids is 1. The van der Waals surface area contributed by atoms with Gasteiger partial charge in [0, 0.05) is 24.7 Å². The topological polar surface area (TPSA) is 81.9 Å². The van der Waals surface area contributed by atoms with Crippen molar-refractivity contribution in [2.24, 2.45) is 11.8 Å². The summed E-state index contributed by atoms with van der Waals surface area (Å²) >= 11 is 1.55. The number of carbonyl (C=O) groups is 1. The summed E-state index contributed by atoms with van der Waals surface area (Å²) in [6, 6.07) is 4.44. The van der Waals surface area contributed by atoms with E-state index < -0.39 is 0 Å². The second kappa shape index (κ2) is 6.02. The van der Waals surface area contributed by atoms with Gasteiger partial charge in [0.15, 0.2) is 10.9 Å². The number of nitrogens with one attached hydrogen (secondary N) is 1. The van der Waals surface area contributed by atoms with Gasteiger partial charge in [0.05, 0.1) is 22.2 Å². The molecule has 2 aromatic rings. The van der Waals surface area contributed by atoms with Crippen LogP contribution in [-0.4, -0.2) is 28.5 Å². The van der Waals surface area contributed by atoms with E-state index in [1.807, 2.05) is 6.07 Å². The molecule has 2 atom stereocenters. The highest BCUT2D eigenvalue weighted by molar-refractivity contribution is 7.22. The van der Waals surface area contributed by atoms with E-state index >= 15 is 0 Å². The molecule has 7 heteroatoms. The van der Waals surface area contributed by atoms with Gasteiger partial charge < -0.3 is 10.2 Å². The minimum Gasteiger partial charge on any atom is -0.344 e. The van der Waals surface area contributed by atoms with E-state index in [0.29, 0.717) is 5.82 Å². The number of piperidine rings is 1. The van der Waals surface area contributed by atoms with Crippen LogP contribution in [0, 0.1) is 23.2 Å². The number of anilines is 2. The minimum atomic E-state index is 0.0397. The summed E-state index contributed by atoms with van der Waals surface area (Å²) in [4.78, 5) is 23.3. The molecule has 0 unspecified atom stereocenters. The van der Waals surface area contributed by atoms with Crippen molar-refractivity contribution < 1.29 is 4.79 Å². The Morgan fingerprint density at radius 3 is 3.04 bits per heavy atom. The average Bonchev–Trinajstić information content (AvgIpc) is 3.35. The number of nitriles is 1. The Morgan fingerprint density at radius 1 is 1.46 bits per heavy atom. The van der Waals surface area contributed by atoms with Gasteiger partial charge in [-0.05, 0) is 38.7 Å². The zero-order chi connectivity index (χ0) is 16.7. The van der Waals surface area contributed by atoms with Gasteiger partial charge in [0.1, 0.15) is 0 Å². The van der Waals surface area contributed by atoms with Crippen LogP contribution in [0.1, 0.15) is 32.6 Å². The van der Waals surface area contributed by atoms with Crippen LogP contribution in [0.15, 0.2) is 12.3 Å². The Kier molecular flexibility index (Phi) is 3.85. The standard InChI is InChI=1S/C17H19N5OS/c1-10-12(9-18)3-2-8-22(10)17-20-13-6-7-19-15(14(13)24-17)21-16(23)11-4-5-11/h6-7,10-12H,2-5,8H2,1H3,(H,19,21,23)/t10-,12+/m0/s1. The number of rotatable bonds is 3. The lowest BCUT2D eigenvalue weighted by Gasteiger charge is -2.36. The largest absolute Gasteiger partial charge is 0.344 e. The van der Waals surface area contributed by atoms with Gasteiger partial charge in [-0.25, -0.2) is 9.97 Å². The summed E-state index contributed by atoms with van der Waals surface area (Å²) in [6.07, 6.45) is 5.57. The van der Waals surface area contributed by atoms with Crippen LogP contribution in [0.3, 0.4) is 0 Å². The highest BCUT2D eigenvalue weighted by Gasteiger charge is 2.32. The number of fused-ring (bicyclic) bond motifs is 1. The van der Waals surface area contributed by atoms with Crippen LogP contribution in [0.5, 0.6) is 0 Å². The van der Waals surface area contributed by atoms with Crippen LogP contribution in [0.4, 0.5) is 10.9 Å². The van der Waals surface area contributed by atoms with Crippen molar-refractivity contribution in [1.29, 1.82) is 5.26 Å². The zero-order valence-corrected chi connectivity index (χ0v) is 14.3. The summed E-state index contributed by atoms with van der Waals surface area (Å²) in [5.74, 6) is 0.848. The minimum absolute atomic E-state index is 0.0397. The van der Waals surface area contributed by atoms with Gasteiger partial charge in [-0.3, -0.25) is 4.79 Å². The van der Waals surface area contributed by atoms with Crippen LogP contribution < -0.4 is 10.2 Å². The molecule has 6 nitrogen and oxygen atoms in total. The van der Waals surface area contributed by atoms with Crippen LogP contribution in [0.25, 0.3) is 10.2 Å². The Labute approximate surface area is 144 Å². The number of nitrogens with zero attached hydrogens (tertiary/aromatic N) is 4. The van der Waals surface area contributed by atoms with E-state index in [1.165, 1.54) is 0 Å². The van der Waals surface area contributed by atoms with Crippen molar-refractivity contribution in [2.45, 2.75) is 38.6 Å². The van der Waals surface area contributed by atoms with Gasteiger partial charge in [0.25, 0.3) is 0 Å². The van der Waals surface area contributed by atoms with E-state index in [2.05, 4.69) is 28.2 Å². The van der Waals surface area contributed by atoms with Gasteiger partial charge in [-0.15, -0.1) is 0 Å². The second-order valence-electron chi connectivity index (χ2n) is 6.58. The van der Waals surface area contributed by atoms with Crippen molar-refractivity contribution in [1.82, 2.24) is 9.97 Å². The fourth-order valence-electron chi connectivity index (χ4n) is 3.21. The lowest BCUT2D eigenvalue weighted by atomic mass is 9.92. The van der Waals surface area contributed by atoms with Gasteiger partial charge in [0.2, 0.25) is 5.91 Å². The molecular weight excluding hydrogens is 322 g/mol. The lowest BCUT2D eigenvalue weighted by molar-refractivity contribution is -0.117. The first kappa shape index (κ1) is 15.3. The Morgan fingerprint density at radius 2 is 2.29 bits per heavy atom. The summed E-state index contributed by atoms with van der Waals surface area (Å²) in [5, 5.41) is 13.2. The van der Waals surface area contributed by atoms with E-state index in [9.17, 15) is 10.1 Å². The van der Waals surface area contributed by atoms with Gasteiger partial charge in [-0.2, -0.15) is 5.26 Å². The normalized spacial score (nSPS) is 23.9. The maximum Gasteiger partial charge on any atom is 0.228 e. The van der Waals surface area contributed by atoms with Crippen molar-refractivity contribution in [3.63, 3.8) is 0 Å². The van der Waals surface area contributed by atoms with Crippen molar-refractivity contribution in [3.8, 4) is 6.07 Å². The third kappa shape index (κ3) is 2.71. The molecule has 1 amide bonds. The quantitative estimate of drug-likeness (QED) is 0.927. The van der Waals surface area contributed by atoms with Crippen LogP contribution >= 0.6 is 11.3 Å². The third-order valence-corrected chi connectivity index (χ3v) is 6.00. The highest BCUT2D eigenvalue weighted by Crippen LogP contribution is 2.37. The molecular formula is C17H19N5OS. The predicted molar refractivity (Wildman–Crippen MR) is 93.9 cm³/mol. The molecule has 0 radical (unpaired) electrons. The van der Waals surface area contributed by atoms with Crippen molar-refractivity contribution >= 4 is 38.4 Å². The van der Waals surface area contributed by atoms with Crippen LogP contribution in [0.2, 0.25) is 0 Å². The molecule has 24 heavy (non-hydrogen) atoms. The lowest BCUT2D eigenvalue weighted by Crippen LogP contribution is -2.42. The van der Waals surface area contributed by atoms with E-state index in [-0.39, 0.29) is 23.8 Å². The van der Waals surface area contributed by atoms with Gasteiger partial charge in [-0.1, -0.05) is 11.3 Å². The fraction of sp³-hybridized carbons (Fsp3) is 0.529. The molecule has 3 heterocycles. The molecule has 1 saturated heterocycles. The first-order valence-electron chi connectivity index (χ1n) is 8.40. The molecule has 2 aromatic heterocycles. The molecule has 0 bridgehead atoms.